The normalized spacial score (nSPS) is 12.2. The third-order valence-electron chi connectivity index (χ3n) is 6.36. The number of carbonyl (C=O) groups is 2. The van der Waals surface area contributed by atoms with Crippen LogP contribution in [0.2, 0.25) is 5.02 Å². The molecule has 7 nitrogen and oxygen atoms in total. The smallest absolute Gasteiger partial charge is 0.264 e. The van der Waals surface area contributed by atoms with Gasteiger partial charge < -0.3 is 10.2 Å². The average Bonchev–Trinajstić information content (AvgIpc) is 2.90. The number of anilines is 1. The molecule has 208 valence electrons. The number of nitrogens with zero attached hydrogens (tertiary/aromatic N) is 2. The molecule has 0 saturated heterocycles. The lowest BCUT2D eigenvalue weighted by atomic mass is 10.1. The van der Waals surface area contributed by atoms with Crippen LogP contribution in [0.3, 0.4) is 0 Å². The fourth-order valence-electron chi connectivity index (χ4n) is 4.06. The molecule has 3 aromatic rings. The first kappa shape index (κ1) is 30.2. The minimum atomic E-state index is -4.12. The third-order valence-corrected chi connectivity index (χ3v) is 8.37. The summed E-state index contributed by atoms with van der Waals surface area (Å²) in [6.45, 7) is 9.46. The van der Waals surface area contributed by atoms with Gasteiger partial charge >= 0.3 is 0 Å². The highest BCUT2D eigenvalue weighted by Gasteiger charge is 2.33. The van der Waals surface area contributed by atoms with Crippen LogP contribution in [-0.4, -0.2) is 44.3 Å². The van der Waals surface area contributed by atoms with Gasteiger partial charge in [0, 0.05) is 18.1 Å². The molecule has 0 spiro atoms. The van der Waals surface area contributed by atoms with Crippen LogP contribution in [0.15, 0.2) is 77.7 Å². The maximum Gasteiger partial charge on any atom is 0.264 e. The van der Waals surface area contributed by atoms with E-state index in [0.29, 0.717) is 22.8 Å². The standard InChI is InChI=1S/C30H36ClN3O4S/c1-21(2)18-32-30(36)24(5)33(19-25-13-11-22(3)12-14-25)29(35)20-34(28-16-15-26(31)17-23(28)4)39(37,38)27-9-7-6-8-10-27/h6-17,21,24H,18-20H2,1-5H3,(H,32,36). The molecule has 0 aliphatic heterocycles. The summed E-state index contributed by atoms with van der Waals surface area (Å²) in [5.74, 6) is -0.567. The Balaban J connectivity index is 2.03. The summed E-state index contributed by atoms with van der Waals surface area (Å²) >= 11 is 6.15. The van der Waals surface area contributed by atoms with E-state index in [2.05, 4.69) is 5.32 Å². The number of sulfonamides is 1. The molecule has 0 aliphatic rings. The van der Waals surface area contributed by atoms with Crippen molar-refractivity contribution in [2.24, 2.45) is 5.92 Å². The molecular weight excluding hydrogens is 534 g/mol. The second kappa shape index (κ2) is 13.1. The number of aryl methyl sites for hydroxylation is 2. The molecule has 0 aromatic heterocycles. The molecule has 0 saturated carbocycles. The van der Waals surface area contributed by atoms with Gasteiger partial charge in [-0.3, -0.25) is 13.9 Å². The van der Waals surface area contributed by atoms with Crippen molar-refractivity contribution in [1.29, 1.82) is 0 Å². The van der Waals surface area contributed by atoms with Crippen molar-refractivity contribution < 1.29 is 18.0 Å². The molecule has 3 rings (SSSR count). The minimum absolute atomic E-state index is 0.0555. The number of hydrogen-bond donors (Lipinski definition) is 1. The van der Waals surface area contributed by atoms with Crippen molar-refractivity contribution >= 4 is 39.1 Å². The molecule has 9 heteroatoms. The van der Waals surface area contributed by atoms with Crippen LogP contribution >= 0.6 is 11.6 Å². The van der Waals surface area contributed by atoms with Gasteiger partial charge in [-0.25, -0.2) is 8.42 Å². The highest BCUT2D eigenvalue weighted by molar-refractivity contribution is 7.92. The van der Waals surface area contributed by atoms with Crippen LogP contribution in [0, 0.1) is 19.8 Å². The zero-order valence-corrected chi connectivity index (χ0v) is 24.6. The second-order valence-corrected chi connectivity index (χ2v) is 12.4. The Morgan fingerprint density at radius 1 is 0.923 bits per heavy atom. The maximum absolute atomic E-state index is 14.0. The van der Waals surface area contributed by atoms with E-state index in [0.717, 1.165) is 15.4 Å². The number of halogens is 1. The highest BCUT2D eigenvalue weighted by atomic mass is 35.5. The van der Waals surface area contributed by atoms with Gasteiger partial charge in [-0.2, -0.15) is 0 Å². The monoisotopic (exact) mass is 569 g/mol. The summed E-state index contributed by atoms with van der Waals surface area (Å²) in [4.78, 5) is 28.5. The molecule has 2 amide bonds. The first-order valence-corrected chi connectivity index (χ1v) is 14.7. The maximum atomic E-state index is 14.0. The molecule has 0 fully saturated rings. The van der Waals surface area contributed by atoms with E-state index in [4.69, 9.17) is 11.6 Å². The molecule has 1 unspecified atom stereocenters. The average molecular weight is 570 g/mol. The number of benzene rings is 3. The Bertz CT molecular complexity index is 1390. The largest absolute Gasteiger partial charge is 0.354 e. The van der Waals surface area contributed by atoms with Crippen LogP contribution in [0.5, 0.6) is 0 Å². The molecule has 39 heavy (non-hydrogen) atoms. The van der Waals surface area contributed by atoms with Gasteiger partial charge in [0.25, 0.3) is 10.0 Å². The van der Waals surface area contributed by atoms with Crippen molar-refractivity contribution in [2.45, 2.75) is 52.1 Å². The predicted molar refractivity (Wildman–Crippen MR) is 156 cm³/mol. The van der Waals surface area contributed by atoms with Crippen molar-refractivity contribution in [3.63, 3.8) is 0 Å². The third kappa shape index (κ3) is 7.83. The number of rotatable bonds is 11. The molecule has 1 atom stereocenters. The van der Waals surface area contributed by atoms with E-state index in [1.165, 1.54) is 17.0 Å². The van der Waals surface area contributed by atoms with Crippen LogP contribution < -0.4 is 9.62 Å². The van der Waals surface area contributed by atoms with Crippen molar-refractivity contribution in [3.05, 3.63) is 94.5 Å². The Morgan fingerprint density at radius 3 is 2.15 bits per heavy atom. The van der Waals surface area contributed by atoms with Gasteiger partial charge in [0.05, 0.1) is 10.6 Å². The van der Waals surface area contributed by atoms with Crippen LogP contribution in [-0.2, 0) is 26.2 Å². The van der Waals surface area contributed by atoms with E-state index < -0.39 is 28.5 Å². The topological polar surface area (TPSA) is 86.8 Å². The van der Waals surface area contributed by atoms with Gasteiger partial charge in [-0.05, 0) is 68.1 Å². The fraction of sp³-hybridized carbons (Fsp3) is 0.333. The number of amides is 2. The Labute approximate surface area is 236 Å². The first-order valence-electron chi connectivity index (χ1n) is 12.9. The molecule has 0 aliphatic carbocycles. The number of carbonyl (C=O) groups excluding carboxylic acids is 2. The van der Waals surface area contributed by atoms with Gasteiger partial charge in [0.15, 0.2) is 0 Å². The van der Waals surface area contributed by atoms with Crippen LogP contribution in [0.25, 0.3) is 0 Å². The lowest BCUT2D eigenvalue weighted by Crippen LogP contribution is -2.51. The summed E-state index contributed by atoms with van der Waals surface area (Å²) in [7, 11) is -4.12. The highest BCUT2D eigenvalue weighted by Crippen LogP contribution is 2.29. The summed E-state index contributed by atoms with van der Waals surface area (Å²) in [6, 6.07) is 19.6. The van der Waals surface area contributed by atoms with E-state index in [9.17, 15) is 18.0 Å². The van der Waals surface area contributed by atoms with Gasteiger partial charge in [0.2, 0.25) is 11.8 Å². The number of hydrogen-bond acceptors (Lipinski definition) is 4. The van der Waals surface area contributed by atoms with Crippen LogP contribution in [0.1, 0.15) is 37.5 Å². The van der Waals surface area contributed by atoms with Crippen molar-refractivity contribution in [1.82, 2.24) is 10.2 Å². The second-order valence-electron chi connectivity index (χ2n) is 10.1. The van der Waals surface area contributed by atoms with Crippen molar-refractivity contribution in [3.8, 4) is 0 Å². The zero-order chi connectivity index (χ0) is 28.7. The fourth-order valence-corrected chi connectivity index (χ4v) is 5.78. The van der Waals surface area contributed by atoms with E-state index in [-0.39, 0.29) is 23.3 Å². The minimum Gasteiger partial charge on any atom is -0.354 e. The molecule has 3 aromatic carbocycles. The van der Waals surface area contributed by atoms with E-state index in [1.807, 2.05) is 45.0 Å². The van der Waals surface area contributed by atoms with Gasteiger partial charge in [-0.15, -0.1) is 0 Å². The summed E-state index contributed by atoms with van der Waals surface area (Å²) in [6.07, 6.45) is 0. The Hall–Kier alpha value is -3.36. The summed E-state index contributed by atoms with van der Waals surface area (Å²) in [5, 5.41) is 3.34. The Kier molecular flexibility index (Phi) is 10.2. The first-order chi connectivity index (χ1) is 18.4. The molecule has 0 heterocycles. The zero-order valence-electron chi connectivity index (χ0n) is 23.0. The van der Waals surface area contributed by atoms with E-state index >= 15 is 0 Å². The molecule has 1 N–H and O–H groups in total. The van der Waals surface area contributed by atoms with Gasteiger partial charge in [0.1, 0.15) is 12.6 Å². The quantitative estimate of drug-likeness (QED) is 0.338. The summed E-state index contributed by atoms with van der Waals surface area (Å²) < 4.78 is 28.8. The molecular formula is C30H36ClN3O4S. The SMILES string of the molecule is Cc1ccc(CN(C(=O)CN(c2ccc(Cl)cc2C)S(=O)(=O)c2ccccc2)C(C)C(=O)NCC(C)C)cc1. The van der Waals surface area contributed by atoms with Crippen LogP contribution in [0.4, 0.5) is 5.69 Å². The lowest BCUT2D eigenvalue weighted by Gasteiger charge is -2.32. The summed E-state index contributed by atoms with van der Waals surface area (Å²) in [5.41, 5.74) is 2.83. The number of nitrogens with one attached hydrogen (secondary N) is 1. The van der Waals surface area contributed by atoms with Crippen molar-refractivity contribution in [2.75, 3.05) is 17.4 Å². The molecule has 0 bridgehead atoms. The predicted octanol–water partition coefficient (Wildman–Crippen LogP) is 5.34. The lowest BCUT2D eigenvalue weighted by molar-refractivity contribution is -0.139. The molecule has 0 radical (unpaired) electrons. The van der Waals surface area contributed by atoms with Gasteiger partial charge in [-0.1, -0.05) is 73.5 Å². The van der Waals surface area contributed by atoms with E-state index in [1.54, 1.807) is 50.2 Å². The Morgan fingerprint density at radius 2 is 1.56 bits per heavy atom.